The van der Waals surface area contributed by atoms with Crippen molar-refractivity contribution in [1.29, 1.82) is 0 Å². The maximum Gasteiger partial charge on any atom is 0.317 e. The summed E-state index contributed by atoms with van der Waals surface area (Å²) in [6.45, 7) is 3.71. The Morgan fingerprint density at radius 3 is 2.51 bits per heavy atom. The van der Waals surface area contributed by atoms with E-state index >= 15 is 0 Å². The zero-order valence-corrected chi connectivity index (χ0v) is 21.0. The van der Waals surface area contributed by atoms with E-state index < -0.39 is 5.41 Å². The van der Waals surface area contributed by atoms with Crippen molar-refractivity contribution in [3.8, 4) is 11.5 Å². The summed E-state index contributed by atoms with van der Waals surface area (Å²) in [6, 6.07) is 14.1. The Morgan fingerprint density at radius 1 is 1.03 bits per heavy atom. The molecule has 0 spiro atoms. The Balaban J connectivity index is 1.19. The number of piperidine rings is 3. The van der Waals surface area contributed by atoms with E-state index in [1.54, 1.807) is 11.3 Å². The van der Waals surface area contributed by atoms with Crippen LogP contribution in [0.3, 0.4) is 0 Å². The fraction of sp³-hybridized carbons (Fsp3) is 0.536. The molecule has 1 saturated carbocycles. The van der Waals surface area contributed by atoms with Gasteiger partial charge in [-0.1, -0.05) is 49.9 Å². The van der Waals surface area contributed by atoms with Crippen molar-refractivity contribution in [1.82, 2.24) is 10.2 Å². The zero-order chi connectivity index (χ0) is 23.7. The van der Waals surface area contributed by atoms with Gasteiger partial charge in [0, 0.05) is 29.2 Å². The van der Waals surface area contributed by atoms with E-state index in [2.05, 4.69) is 27.7 Å². The molecule has 7 rings (SSSR count). The van der Waals surface area contributed by atoms with Crippen molar-refractivity contribution in [2.24, 2.45) is 5.92 Å². The van der Waals surface area contributed by atoms with Crippen LogP contribution in [0.4, 0.5) is 0 Å². The SMILES string of the molecule is O=C(O[C@H]1C[N+]2(Cc3nnc(-c4ccccc4)o3)CCC1CC2)C1(c2cccs2)CCCCCC1. The first-order chi connectivity index (χ1) is 17.2. The lowest BCUT2D eigenvalue weighted by molar-refractivity contribution is -0.959. The number of aromatic nitrogens is 2. The monoisotopic (exact) mass is 492 g/mol. The number of carbonyl (C=O) groups is 1. The minimum Gasteiger partial charge on any atom is -0.455 e. The molecule has 5 heterocycles. The van der Waals surface area contributed by atoms with E-state index in [0.717, 1.165) is 68.2 Å². The molecule has 3 aromatic rings. The molecule has 0 radical (unpaired) electrons. The van der Waals surface area contributed by atoms with Crippen LogP contribution in [0.5, 0.6) is 0 Å². The van der Waals surface area contributed by atoms with Crippen LogP contribution in [-0.2, 0) is 21.5 Å². The highest BCUT2D eigenvalue weighted by molar-refractivity contribution is 7.10. The standard InChI is InChI=1S/C28H34N3O3S/c32-27(28(24-11-8-18-35-24)14-6-1-2-7-15-28)33-23-19-31(16-12-21(23)13-17-31)20-25-29-30-26(34-25)22-9-4-3-5-10-22/h3-5,8-11,18,21,23H,1-2,6-7,12-17,19-20H2/q+1/t21?,23-,31?/m0/s1. The van der Waals surface area contributed by atoms with Crippen LogP contribution in [0, 0.1) is 5.92 Å². The van der Waals surface area contributed by atoms with E-state index in [4.69, 9.17) is 9.15 Å². The average Bonchev–Trinajstić information content (AvgIpc) is 3.53. The second-order valence-corrected chi connectivity index (χ2v) is 11.7. The van der Waals surface area contributed by atoms with Crippen molar-refractivity contribution < 1.29 is 18.4 Å². The summed E-state index contributed by atoms with van der Waals surface area (Å²) < 4.78 is 13.4. The number of ether oxygens (including phenoxy) is 1. The summed E-state index contributed by atoms with van der Waals surface area (Å²) in [5, 5.41) is 10.8. The van der Waals surface area contributed by atoms with Gasteiger partial charge in [0.25, 0.3) is 5.89 Å². The van der Waals surface area contributed by atoms with Gasteiger partial charge in [-0.15, -0.1) is 21.5 Å². The first kappa shape index (κ1) is 22.9. The van der Waals surface area contributed by atoms with Gasteiger partial charge in [0.05, 0.1) is 13.1 Å². The fourth-order valence-electron chi connectivity index (χ4n) is 6.56. The molecule has 6 nitrogen and oxygen atoms in total. The molecule has 3 aliphatic heterocycles. The average molecular weight is 493 g/mol. The number of thiophene rings is 1. The van der Waals surface area contributed by atoms with Crippen LogP contribution >= 0.6 is 11.3 Å². The quantitative estimate of drug-likeness (QED) is 0.249. The van der Waals surface area contributed by atoms with Crippen molar-refractivity contribution in [3.63, 3.8) is 0 Å². The van der Waals surface area contributed by atoms with Gasteiger partial charge in [-0.25, -0.2) is 0 Å². The topological polar surface area (TPSA) is 65.2 Å². The van der Waals surface area contributed by atoms with Gasteiger partial charge in [0.1, 0.15) is 12.0 Å². The summed E-state index contributed by atoms with van der Waals surface area (Å²) in [6.07, 6.45) is 8.59. The number of fused-ring (bicyclic) bond motifs is 3. The first-order valence-corrected chi connectivity index (χ1v) is 14.0. The molecule has 4 aliphatic rings. The molecule has 0 unspecified atom stereocenters. The number of nitrogens with zero attached hydrogens (tertiary/aromatic N) is 3. The number of quaternary nitrogens is 1. The second kappa shape index (κ2) is 9.51. The highest BCUT2D eigenvalue weighted by atomic mass is 32.1. The lowest BCUT2D eigenvalue weighted by atomic mass is 9.78. The Kier molecular flexibility index (Phi) is 6.23. The number of esters is 1. The molecule has 2 aromatic heterocycles. The maximum absolute atomic E-state index is 13.9. The summed E-state index contributed by atoms with van der Waals surface area (Å²) in [5.41, 5.74) is 0.483. The molecule has 1 aliphatic carbocycles. The van der Waals surface area contributed by atoms with Crippen molar-refractivity contribution in [3.05, 3.63) is 58.6 Å². The van der Waals surface area contributed by atoms with Crippen LogP contribution in [0.2, 0.25) is 0 Å². The minimum absolute atomic E-state index is 0.0166. The van der Waals surface area contributed by atoms with Gasteiger partial charge in [-0.05, 0) is 36.4 Å². The summed E-state index contributed by atoms with van der Waals surface area (Å²) in [7, 11) is 0. The van der Waals surface area contributed by atoms with Crippen LogP contribution in [-0.4, -0.2) is 46.4 Å². The summed E-state index contributed by atoms with van der Waals surface area (Å²) in [5.74, 6) is 1.73. The summed E-state index contributed by atoms with van der Waals surface area (Å²) >= 11 is 1.71. The molecule has 1 atom stereocenters. The van der Waals surface area contributed by atoms with Crippen LogP contribution in [0.15, 0.2) is 52.3 Å². The predicted octanol–water partition coefficient (Wildman–Crippen LogP) is 5.74. The van der Waals surface area contributed by atoms with E-state index in [1.807, 2.05) is 30.3 Å². The Hall–Kier alpha value is -2.51. The van der Waals surface area contributed by atoms with Crippen molar-refractivity contribution in [2.75, 3.05) is 19.6 Å². The molecular formula is C28H34N3O3S+. The van der Waals surface area contributed by atoms with Crippen LogP contribution in [0.25, 0.3) is 11.5 Å². The van der Waals surface area contributed by atoms with Crippen molar-refractivity contribution in [2.45, 2.75) is 69.4 Å². The van der Waals surface area contributed by atoms with E-state index in [0.29, 0.717) is 24.2 Å². The van der Waals surface area contributed by atoms with Crippen LogP contribution < -0.4 is 0 Å². The minimum atomic E-state index is -0.460. The maximum atomic E-state index is 13.9. The molecular weight excluding hydrogens is 458 g/mol. The third-order valence-electron chi connectivity index (χ3n) is 8.60. The van der Waals surface area contributed by atoms with Crippen molar-refractivity contribution >= 4 is 17.3 Å². The highest BCUT2D eigenvalue weighted by Crippen LogP contribution is 2.44. The second-order valence-electron chi connectivity index (χ2n) is 10.8. The smallest absolute Gasteiger partial charge is 0.317 e. The molecule has 2 bridgehead atoms. The third-order valence-corrected chi connectivity index (χ3v) is 9.67. The number of hydrogen-bond acceptors (Lipinski definition) is 6. The first-order valence-electron chi connectivity index (χ1n) is 13.1. The Labute approximate surface area is 210 Å². The number of rotatable bonds is 6. The molecule has 0 N–H and O–H groups in total. The molecule has 7 heteroatoms. The largest absolute Gasteiger partial charge is 0.455 e. The lowest BCUT2D eigenvalue weighted by Crippen LogP contribution is -2.64. The van der Waals surface area contributed by atoms with Gasteiger partial charge in [0.15, 0.2) is 12.6 Å². The van der Waals surface area contributed by atoms with Crippen LogP contribution in [0.1, 0.15) is 62.1 Å². The van der Waals surface area contributed by atoms with E-state index in [-0.39, 0.29) is 12.1 Å². The zero-order valence-electron chi connectivity index (χ0n) is 20.2. The van der Waals surface area contributed by atoms with E-state index in [1.165, 1.54) is 17.7 Å². The Bertz CT molecular complexity index is 1130. The number of carbonyl (C=O) groups excluding carboxylic acids is 1. The Morgan fingerprint density at radius 2 is 1.80 bits per heavy atom. The highest BCUT2D eigenvalue weighted by Gasteiger charge is 2.51. The molecule has 35 heavy (non-hydrogen) atoms. The van der Waals surface area contributed by atoms with E-state index in [9.17, 15) is 4.79 Å². The van der Waals surface area contributed by atoms with Gasteiger partial charge in [-0.2, -0.15) is 0 Å². The van der Waals surface area contributed by atoms with Gasteiger partial charge in [0.2, 0.25) is 5.89 Å². The predicted molar refractivity (Wildman–Crippen MR) is 135 cm³/mol. The normalized spacial score (nSPS) is 27.9. The molecule has 4 fully saturated rings. The molecule has 1 aromatic carbocycles. The molecule has 3 saturated heterocycles. The van der Waals surface area contributed by atoms with Gasteiger partial charge in [-0.3, -0.25) is 4.79 Å². The number of hydrogen-bond donors (Lipinski definition) is 0. The summed E-state index contributed by atoms with van der Waals surface area (Å²) in [4.78, 5) is 15.1. The molecule has 0 amide bonds. The van der Waals surface area contributed by atoms with Gasteiger partial charge < -0.3 is 13.6 Å². The van der Waals surface area contributed by atoms with Gasteiger partial charge >= 0.3 is 5.97 Å². The third kappa shape index (κ3) is 4.45. The molecule has 184 valence electrons. The lowest BCUT2D eigenvalue weighted by Gasteiger charge is -2.51. The fourth-order valence-corrected chi connectivity index (χ4v) is 7.54. The number of benzene rings is 1.